The molecule has 2 aliphatic rings. The molecule has 6 heteroatoms. The molecule has 0 unspecified atom stereocenters. The first-order valence-electron chi connectivity index (χ1n) is 5.65. The number of rotatable bonds is 2. The summed E-state index contributed by atoms with van der Waals surface area (Å²) in [4.78, 5) is 0.132. The maximum Gasteiger partial charge on any atom is 0.231 e. The molecule has 1 saturated carbocycles. The van der Waals surface area contributed by atoms with Crippen molar-refractivity contribution in [2.75, 3.05) is 6.79 Å². The van der Waals surface area contributed by atoms with E-state index in [9.17, 15) is 8.42 Å². The minimum absolute atomic E-state index is 0.0994. The van der Waals surface area contributed by atoms with Crippen LogP contribution in [0, 0.1) is 11.3 Å². The maximum atomic E-state index is 12.4. The van der Waals surface area contributed by atoms with Crippen LogP contribution in [0.3, 0.4) is 0 Å². The van der Waals surface area contributed by atoms with E-state index in [1.54, 1.807) is 6.07 Å². The van der Waals surface area contributed by atoms with Crippen molar-refractivity contribution in [1.82, 2.24) is 0 Å². The molecule has 0 saturated heterocycles. The van der Waals surface area contributed by atoms with Gasteiger partial charge in [-0.15, -0.1) is 0 Å². The third kappa shape index (κ3) is 1.34. The number of hydrogen-bond acceptors (Lipinski definition) is 5. The van der Waals surface area contributed by atoms with E-state index in [0.717, 1.165) is 6.42 Å². The fourth-order valence-electron chi connectivity index (χ4n) is 2.21. The highest BCUT2D eigenvalue weighted by molar-refractivity contribution is 7.93. The van der Waals surface area contributed by atoms with Gasteiger partial charge in [0.05, 0.1) is 11.0 Å². The van der Waals surface area contributed by atoms with Crippen LogP contribution in [0.1, 0.15) is 19.3 Å². The Labute approximate surface area is 105 Å². The van der Waals surface area contributed by atoms with Gasteiger partial charge in [0.1, 0.15) is 0 Å². The monoisotopic (exact) mass is 265 g/mol. The molecule has 1 aromatic rings. The summed E-state index contributed by atoms with van der Waals surface area (Å²) in [6, 6.07) is 6.44. The summed E-state index contributed by atoms with van der Waals surface area (Å²) in [5.74, 6) is 0.956. The quantitative estimate of drug-likeness (QED) is 0.812. The number of nitrogens with zero attached hydrogens (tertiary/aromatic N) is 1. The molecule has 1 fully saturated rings. The van der Waals surface area contributed by atoms with Gasteiger partial charge in [-0.3, -0.25) is 0 Å². The lowest BCUT2D eigenvalue weighted by molar-refractivity contribution is 0.174. The highest BCUT2D eigenvalue weighted by Gasteiger charge is 2.50. The van der Waals surface area contributed by atoms with Crippen LogP contribution in [0.4, 0.5) is 0 Å². The molecule has 0 N–H and O–H groups in total. The lowest BCUT2D eigenvalue weighted by atomic mass is 9.86. The van der Waals surface area contributed by atoms with Gasteiger partial charge in [-0.2, -0.15) is 5.26 Å². The highest BCUT2D eigenvalue weighted by Crippen LogP contribution is 2.44. The van der Waals surface area contributed by atoms with Crippen molar-refractivity contribution in [1.29, 1.82) is 5.26 Å². The zero-order valence-corrected chi connectivity index (χ0v) is 10.4. The standard InChI is InChI=1S/C12H11NO4S/c13-7-12(4-1-5-12)18(14,15)9-2-3-10-11(6-9)17-8-16-10/h2-3,6H,1,4-5,8H2. The SMILES string of the molecule is N#CC1(S(=O)(=O)c2ccc3c(c2)OCO3)CCC1. The molecule has 1 aliphatic heterocycles. The Morgan fingerprint density at radius 2 is 1.94 bits per heavy atom. The molecule has 0 amide bonds. The van der Waals surface area contributed by atoms with Gasteiger partial charge in [-0.1, -0.05) is 0 Å². The molecular weight excluding hydrogens is 254 g/mol. The van der Waals surface area contributed by atoms with Crippen molar-refractivity contribution < 1.29 is 17.9 Å². The molecule has 0 radical (unpaired) electrons. The summed E-state index contributed by atoms with van der Waals surface area (Å²) < 4.78 is 33.9. The minimum atomic E-state index is -3.63. The molecule has 94 valence electrons. The summed E-state index contributed by atoms with van der Waals surface area (Å²) in [6.07, 6.45) is 1.58. The molecule has 0 atom stereocenters. The van der Waals surface area contributed by atoms with Crippen molar-refractivity contribution >= 4 is 9.84 Å². The average Bonchev–Trinajstić information content (AvgIpc) is 2.74. The molecule has 1 aromatic carbocycles. The number of nitriles is 1. The van der Waals surface area contributed by atoms with E-state index >= 15 is 0 Å². The third-order valence-electron chi connectivity index (χ3n) is 3.53. The predicted octanol–water partition coefficient (Wildman–Crippen LogP) is 1.64. The normalized spacial score (nSPS) is 19.9. The predicted molar refractivity (Wildman–Crippen MR) is 61.9 cm³/mol. The van der Waals surface area contributed by atoms with Gasteiger partial charge < -0.3 is 9.47 Å². The Balaban J connectivity index is 2.07. The number of ether oxygens (including phenoxy) is 2. The first-order valence-corrected chi connectivity index (χ1v) is 7.13. The summed E-state index contributed by atoms with van der Waals surface area (Å²) in [7, 11) is -3.63. The lowest BCUT2D eigenvalue weighted by Crippen LogP contribution is -2.43. The largest absolute Gasteiger partial charge is 0.454 e. The third-order valence-corrected chi connectivity index (χ3v) is 5.94. The molecule has 5 nitrogen and oxygen atoms in total. The molecule has 1 aliphatic carbocycles. The smallest absolute Gasteiger partial charge is 0.231 e. The van der Waals surface area contributed by atoms with Crippen LogP contribution in [0.5, 0.6) is 11.5 Å². The van der Waals surface area contributed by atoms with E-state index < -0.39 is 14.6 Å². The van der Waals surface area contributed by atoms with Crippen LogP contribution >= 0.6 is 0 Å². The highest BCUT2D eigenvalue weighted by atomic mass is 32.2. The first-order chi connectivity index (χ1) is 8.59. The summed E-state index contributed by atoms with van der Waals surface area (Å²) in [6.45, 7) is 0.0994. The van der Waals surface area contributed by atoms with E-state index in [2.05, 4.69) is 0 Å². The van der Waals surface area contributed by atoms with E-state index in [1.807, 2.05) is 6.07 Å². The Bertz CT molecular complexity index is 641. The summed E-state index contributed by atoms with van der Waals surface area (Å²) in [5, 5.41) is 9.14. The van der Waals surface area contributed by atoms with E-state index in [1.165, 1.54) is 12.1 Å². The molecule has 3 rings (SSSR count). The zero-order chi connectivity index (χ0) is 12.8. The van der Waals surface area contributed by atoms with Crippen molar-refractivity contribution in [3.05, 3.63) is 18.2 Å². The van der Waals surface area contributed by atoms with Gasteiger partial charge in [0.2, 0.25) is 6.79 Å². The van der Waals surface area contributed by atoms with Crippen LogP contribution in [0.15, 0.2) is 23.1 Å². The van der Waals surface area contributed by atoms with Crippen molar-refractivity contribution in [3.63, 3.8) is 0 Å². The van der Waals surface area contributed by atoms with Crippen LogP contribution in [-0.4, -0.2) is 20.0 Å². The van der Waals surface area contributed by atoms with Gasteiger partial charge in [0.15, 0.2) is 26.1 Å². The minimum Gasteiger partial charge on any atom is -0.454 e. The molecular formula is C12H11NO4S. The number of fused-ring (bicyclic) bond motifs is 1. The Morgan fingerprint density at radius 3 is 2.56 bits per heavy atom. The number of sulfone groups is 1. The number of hydrogen-bond donors (Lipinski definition) is 0. The van der Waals surface area contributed by atoms with Crippen LogP contribution in [-0.2, 0) is 9.84 Å². The fourth-order valence-corrected chi connectivity index (χ4v) is 4.12. The van der Waals surface area contributed by atoms with Crippen LogP contribution in [0.25, 0.3) is 0 Å². The second-order valence-electron chi connectivity index (χ2n) is 4.48. The van der Waals surface area contributed by atoms with Gasteiger partial charge in [0.25, 0.3) is 0 Å². The van der Waals surface area contributed by atoms with Gasteiger partial charge >= 0.3 is 0 Å². The Hall–Kier alpha value is -1.74. The fraction of sp³-hybridized carbons (Fsp3) is 0.417. The molecule has 0 spiro atoms. The van der Waals surface area contributed by atoms with Gasteiger partial charge in [0, 0.05) is 6.07 Å². The molecule has 1 heterocycles. The maximum absolute atomic E-state index is 12.4. The first kappa shape index (κ1) is 11.4. The van der Waals surface area contributed by atoms with Crippen molar-refractivity contribution in [2.24, 2.45) is 0 Å². The Morgan fingerprint density at radius 1 is 1.22 bits per heavy atom. The topological polar surface area (TPSA) is 76.4 Å². The van der Waals surface area contributed by atoms with E-state index in [0.29, 0.717) is 24.3 Å². The van der Waals surface area contributed by atoms with Gasteiger partial charge in [-0.25, -0.2) is 8.42 Å². The van der Waals surface area contributed by atoms with E-state index in [-0.39, 0.29) is 11.7 Å². The lowest BCUT2D eigenvalue weighted by Gasteiger charge is -2.34. The van der Waals surface area contributed by atoms with Gasteiger partial charge in [-0.05, 0) is 31.4 Å². The molecule has 0 aromatic heterocycles. The van der Waals surface area contributed by atoms with E-state index in [4.69, 9.17) is 14.7 Å². The average molecular weight is 265 g/mol. The summed E-state index contributed by atoms with van der Waals surface area (Å²) in [5.41, 5.74) is 0. The second-order valence-corrected chi connectivity index (χ2v) is 6.74. The zero-order valence-electron chi connectivity index (χ0n) is 9.55. The number of benzene rings is 1. The molecule has 18 heavy (non-hydrogen) atoms. The molecule has 0 bridgehead atoms. The van der Waals surface area contributed by atoms with Crippen molar-refractivity contribution in [2.45, 2.75) is 28.9 Å². The van der Waals surface area contributed by atoms with Crippen LogP contribution < -0.4 is 9.47 Å². The summed E-state index contributed by atoms with van der Waals surface area (Å²) >= 11 is 0. The Kier molecular flexibility index (Phi) is 2.29. The van der Waals surface area contributed by atoms with Crippen LogP contribution in [0.2, 0.25) is 0 Å². The second kappa shape index (κ2) is 3.62. The van der Waals surface area contributed by atoms with Crippen molar-refractivity contribution in [3.8, 4) is 17.6 Å².